The number of carbonyl (C=O) groups is 2. The summed E-state index contributed by atoms with van der Waals surface area (Å²) >= 11 is 0. The van der Waals surface area contributed by atoms with Crippen molar-refractivity contribution in [2.75, 3.05) is 0 Å². The van der Waals surface area contributed by atoms with E-state index in [2.05, 4.69) is 5.10 Å². The van der Waals surface area contributed by atoms with Gasteiger partial charge in [-0.15, -0.1) is 0 Å². The number of hydrogen-bond acceptors (Lipinski definition) is 5. The Morgan fingerprint density at radius 2 is 1.85 bits per heavy atom. The van der Waals surface area contributed by atoms with Crippen LogP contribution in [0.2, 0.25) is 0 Å². The van der Waals surface area contributed by atoms with E-state index in [4.69, 9.17) is 0 Å². The molecular formula is C13H11N3O4. The number of aryl methyl sites for hydroxylation is 1. The van der Waals surface area contributed by atoms with Gasteiger partial charge in [0.05, 0.1) is 11.3 Å². The second-order valence-electron chi connectivity index (χ2n) is 4.20. The number of nitro groups is 1. The Bertz CT molecular complexity index is 673. The first-order chi connectivity index (χ1) is 9.47. The zero-order valence-electron chi connectivity index (χ0n) is 10.6. The molecule has 7 heteroatoms. The number of hydrogen-bond donors (Lipinski definition) is 0. The van der Waals surface area contributed by atoms with Crippen LogP contribution in [0, 0.1) is 10.1 Å². The average Bonchev–Trinajstić information content (AvgIpc) is 2.85. The maximum Gasteiger partial charge on any atom is 0.269 e. The number of rotatable bonds is 5. The average molecular weight is 273 g/mol. The molecule has 1 aromatic heterocycles. The van der Waals surface area contributed by atoms with Crippen molar-refractivity contribution < 1.29 is 14.5 Å². The molecule has 0 bridgehead atoms. The largest absolute Gasteiger partial charge is 0.294 e. The fraction of sp³-hybridized carbons (Fsp3) is 0.154. The van der Waals surface area contributed by atoms with Gasteiger partial charge in [0.25, 0.3) is 5.69 Å². The highest BCUT2D eigenvalue weighted by Gasteiger charge is 2.16. The standard InChI is InChI=1S/C13H11N3O4/c1-15-7-6-11(14-15)13(18)8-12(17)9-2-4-10(5-3-9)16(19)20/h2-7H,8H2,1H3. The molecule has 0 atom stereocenters. The number of Topliss-reactive ketones (excluding diaryl/α,β-unsaturated/α-hetero) is 2. The van der Waals surface area contributed by atoms with Crippen LogP contribution < -0.4 is 0 Å². The number of aromatic nitrogens is 2. The smallest absolute Gasteiger partial charge is 0.269 e. The van der Waals surface area contributed by atoms with Crippen molar-refractivity contribution in [2.45, 2.75) is 6.42 Å². The topological polar surface area (TPSA) is 95.1 Å². The summed E-state index contributed by atoms with van der Waals surface area (Å²) in [7, 11) is 1.68. The maximum absolute atomic E-state index is 11.9. The number of ketones is 2. The van der Waals surface area contributed by atoms with E-state index < -0.39 is 10.7 Å². The summed E-state index contributed by atoms with van der Waals surface area (Å²) in [5, 5.41) is 14.4. The van der Waals surface area contributed by atoms with Crippen molar-refractivity contribution in [3.63, 3.8) is 0 Å². The molecule has 2 rings (SSSR count). The first kappa shape index (κ1) is 13.6. The number of non-ortho nitro benzene ring substituents is 1. The normalized spacial score (nSPS) is 10.2. The molecule has 0 saturated heterocycles. The van der Waals surface area contributed by atoms with Gasteiger partial charge in [-0.2, -0.15) is 5.10 Å². The molecule has 0 saturated carbocycles. The molecule has 0 amide bonds. The molecule has 0 unspecified atom stereocenters. The van der Waals surface area contributed by atoms with Crippen LogP contribution in [0.5, 0.6) is 0 Å². The highest BCUT2D eigenvalue weighted by molar-refractivity contribution is 6.12. The van der Waals surface area contributed by atoms with E-state index in [9.17, 15) is 19.7 Å². The molecule has 0 aliphatic heterocycles. The lowest BCUT2D eigenvalue weighted by Gasteiger charge is -1.99. The predicted molar refractivity (Wildman–Crippen MR) is 69.6 cm³/mol. The lowest BCUT2D eigenvalue weighted by molar-refractivity contribution is -0.384. The third-order valence-electron chi connectivity index (χ3n) is 2.72. The summed E-state index contributed by atoms with van der Waals surface area (Å²) in [4.78, 5) is 33.7. The van der Waals surface area contributed by atoms with Gasteiger partial charge in [-0.3, -0.25) is 24.4 Å². The highest BCUT2D eigenvalue weighted by atomic mass is 16.6. The predicted octanol–water partition coefficient (Wildman–Crippen LogP) is 1.78. The molecule has 0 radical (unpaired) electrons. The van der Waals surface area contributed by atoms with Gasteiger partial charge in [0.1, 0.15) is 5.69 Å². The first-order valence-corrected chi connectivity index (χ1v) is 5.78. The third-order valence-corrected chi connectivity index (χ3v) is 2.72. The third kappa shape index (κ3) is 2.94. The summed E-state index contributed by atoms with van der Waals surface area (Å²) in [6, 6.07) is 6.68. The Morgan fingerprint density at radius 1 is 1.20 bits per heavy atom. The lowest BCUT2D eigenvalue weighted by Crippen LogP contribution is -2.09. The first-order valence-electron chi connectivity index (χ1n) is 5.78. The van der Waals surface area contributed by atoms with Gasteiger partial charge < -0.3 is 0 Å². The van der Waals surface area contributed by atoms with Crippen LogP contribution in [0.25, 0.3) is 0 Å². The Balaban J connectivity index is 2.08. The summed E-state index contributed by atoms with van der Waals surface area (Å²) in [5.74, 6) is -0.774. The quantitative estimate of drug-likeness (QED) is 0.358. The summed E-state index contributed by atoms with van der Waals surface area (Å²) in [6.45, 7) is 0. The Morgan fingerprint density at radius 3 is 2.35 bits per heavy atom. The monoisotopic (exact) mass is 273 g/mol. The molecular weight excluding hydrogens is 262 g/mol. The molecule has 0 N–H and O–H groups in total. The molecule has 102 valence electrons. The van der Waals surface area contributed by atoms with Gasteiger partial charge in [0.15, 0.2) is 11.6 Å². The van der Waals surface area contributed by atoms with E-state index in [0.717, 1.165) is 0 Å². The molecule has 20 heavy (non-hydrogen) atoms. The number of nitro benzene ring substituents is 1. The molecule has 2 aromatic rings. The molecule has 0 aliphatic carbocycles. The van der Waals surface area contributed by atoms with Gasteiger partial charge in [-0.25, -0.2) is 0 Å². The second-order valence-corrected chi connectivity index (χ2v) is 4.20. The number of nitrogens with zero attached hydrogens (tertiary/aromatic N) is 3. The SMILES string of the molecule is Cn1ccc(C(=O)CC(=O)c2ccc([N+](=O)[O-])cc2)n1. The van der Waals surface area contributed by atoms with E-state index in [1.54, 1.807) is 13.2 Å². The fourth-order valence-electron chi connectivity index (χ4n) is 1.67. The highest BCUT2D eigenvalue weighted by Crippen LogP contribution is 2.14. The minimum atomic E-state index is -0.548. The molecule has 0 fully saturated rings. The van der Waals surface area contributed by atoms with Crippen LogP contribution in [0.3, 0.4) is 0 Å². The van der Waals surface area contributed by atoms with Crippen LogP contribution in [0.1, 0.15) is 27.3 Å². The van der Waals surface area contributed by atoms with Crippen molar-refractivity contribution in [2.24, 2.45) is 7.05 Å². The van der Waals surface area contributed by atoms with Gasteiger partial charge >= 0.3 is 0 Å². The van der Waals surface area contributed by atoms with Crippen LogP contribution in [-0.2, 0) is 7.05 Å². The van der Waals surface area contributed by atoms with Gasteiger partial charge in [-0.1, -0.05) is 0 Å². The summed E-state index contributed by atoms with van der Waals surface area (Å²) < 4.78 is 1.48. The van der Waals surface area contributed by atoms with Crippen LogP contribution in [0.15, 0.2) is 36.5 Å². The van der Waals surface area contributed by atoms with E-state index in [1.165, 1.54) is 35.0 Å². The van der Waals surface area contributed by atoms with E-state index in [0.29, 0.717) is 0 Å². The van der Waals surface area contributed by atoms with Crippen LogP contribution >= 0.6 is 0 Å². The molecule has 1 aromatic carbocycles. The van der Waals surface area contributed by atoms with E-state index in [1.807, 2.05) is 0 Å². The van der Waals surface area contributed by atoms with Crippen molar-refractivity contribution in [1.82, 2.24) is 9.78 Å². The second kappa shape index (κ2) is 5.43. The summed E-state index contributed by atoms with van der Waals surface area (Å²) in [6.07, 6.45) is 1.30. The Kier molecular flexibility index (Phi) is 3.69. The molecule has 7 nitrogen and oxygen atoms in total. The van der Waals surface area contributed by atoms with Crippen molar-refractivity contribution in [3.05, 3.63) is 57.9 Å². The maximum atomic E-state index is 11.9. The van der Waals surface area contributed by atoms with Crippen molar-refractivity contribution in [3.8, 4) is 0 Å². The van der Waals surface area contributed by atoms with Gasteiger partial charge in [-0.05, 0) is 18.2 Å². The van der Waals surface area contributed by atoms with E-state index in [-0.39, 0.29) is 29.1 Å². The Hall–Kier alpha value is -2.83. The summed E-state index contributed by atoms with van der Waals surface area (Å²) in [5.41, 5.74) is 0.389. The molecule has 0 aliphatic rings. The lowest BCUT2D eigenvalue weighted by atomic mass is 10.0. The van der Waals surface area contributed by atoms with Gasteiger partial charge in [0.2, 0.25) is 0 Å². The molecule has 0 spiro atoms. The fourth-order valence-corrected chi connectivity index (χ4v) is 1.67. The van der Waals surface area contributed by atoms with Gasteiger partial charge in [0, 0.05) is 30.9 Å². The van der Waals surface area contributed by atoms with Crippen LogP contribution in [0.4, 0.5) is 5.69 Å². The minimum Gasteiger partial charge on any atom is -0.294 e. The zero-order chi connectivity index (χ0) is 14.7. The Labute approximate surface area is 114 Å². The van der Waals surface area contributed by atoms with E-state index >= 15 is 0 Å². The molecule has 1 heterocycles. The van der Waals surface area contributed by atoms with Crippen LogP contribution in [-0.4, -0.2) is 26.3 Å². The zero-order valence-corrected chi connectivity index (χ0v) is 10.6. The number of carbonyl (C=O) groups excluding carboxylic acids is 2. The minimum absolute atomic E-state index is 0.0994. The van der Waals surface area contributed by atoms with Crippen molar-refractivity contribution in [1.29, 1.82) is 0 Å². The van der Waals surface area contributed by atoms with Crippen molar-refractivity contribution >= 4 is 17.3 Å². The number of benzene rings is 1.